The van der Waals surface area contributed by atoms with Crippen LogP contribution in [-0.2, 0) is 22.6 Å². The van der Waals surface area contributed by atoms with Crippen LogP contribution in [0.5, 0.6) is 11.5 Å². The Kier molecular flexibility index (Phi) is 8.99. The first kappa shape index (κ1) is 28.6. The van der Waals surface area contributed by atoms with Crippen LogP contribution in [0.1, 0.15) is 41.3 Å². The molecule has 1 N–H and O–H groups in total. The lowest BCUT2D eigenvalue weighted by Crippen LogP contribution is -2.32. The molecule has 7 nitrogen and oxygen atoms in total. The van der Waals surface area contributed by atoms with Crippen LogP contribution in [0.25, 0.3) is 0 Å². The molecule has 42 heavy (non-hydrogen) atoms. The summed E-state index contributed by atoms with van der Waals surface area (Å²) in [5, 5.41) is 2.73. The van der Waals surface area contributed by atoms with Crippen LogP contribution in [0.4, 0.5) is 11.4 Å². The fourth-order valence-electron chi connectivity index (χ4n) is 4.38. The maximum Gasteiger partial charge on any atom is 0.343 e. The van der Waals surface area contributed by atoms with Crippen LogP contribution in [-0.4, -0.2) is 17.8 Å². The second-order valence-electron chi connectivity index (χ2n) is 9.74. The third-order valence-corrected chi connectivity index (χ3v) is 7.06. The van der Waals surface area contributed by atoms with E-state index in [-0.39, 0.29) is 10.7 Å². The van der Waals surface area contributed by atoms with Gasteiger partial charge in [-0.2, -0.15) is 0 Å². The lowest BCUT2D eigenvalue weighted by atomic mass is 10.1. The van der Waals surface area contributed by atoms with E-state index in [0.717, 1.165) is 35.3 Å². The van der Waals surface area contributed by atoms with Crippen LogP contribution < -0.4 is 19.7 Å². The molecule has 8 heteroatoms. The molecule has 0 saturated heterocycles. The molecule has 212 valence electrons. The van der Waals surface area contributed by atoms with Crippen molar-refractivity contribution in [2.45, 2.75) is 32.8 Å². The summed E-state index contributed by atoms with van der Waals surface area (Å²) in [7, 11) is 0. The molecule has 0 radical (unpaired) electrons. The van der Waals surface area contributed by atoms with Gasteiger partial charge in [-0.3, -0.25) is 9.59 Å². The summed E-state index contributed by atoms with van der Waals surface area (Å²) in [4.78, 5) is 39.7. The number of anilines is 2. The molecule has 4 aromatic rings. The molecule has 0 fully saturated rings. The second kappa shape index (κ2) is 13.2. The van der Waals surface area contributed by atoms with Gasteiger partial charge in [0.2, 0.25) is 0 Å². The number of rotatable bonds is 11. The van der Waals surface area contributed by atoms with Gasteiger partial charge in [0.25, 0.3) is 11.8 Å². The Hall–Kier alpha value is -4.88. The number of aryl methyl sites for hydroxylation is 1. The van der Waals surface area contributed by atoms with E-state index in [2.05, 4.69) is 12.2 Å². The van der Waals surface area contributed by atoms with Gasteiger partial charge >= 0.3 is 5.97 Å². The first-order chi connectivity index (χ1) is 20.4. The normalized spacial score (nSPS) is 13.0. The number of nitrogens with one attached hydrogen (secondary N) is 1. The maximum atomic E-state index is 13.1. The minimum Gasteiger partial charge on any atom is -0.489 e. The fraction of sp³-hybridized carbons (Fsp3) is 0.147. The van der Waals surface area contributed by atoms with E-state index in [1.54, 1.807) is 60.7 Å². The van der Waals surface area contributed by atoms with Crippen molar-refractivity contribution < 1.29 is 23.9 Å². The van der Waals surface area contributed by atoms with E-state index in [0.29, 0.717) is 35.0 Å². The van der Waals surface area contributed by atoms with Crippen molar-refractivity contribution in [3.05, 3.63) is 131 Å². The Bertz CT molecular complexity index is 1600. The van der Waals surface area contributed by atoms with Crippen molar-refractivity contribution in [1.82, 2.24) is 0 Å². The number of amides is 2. The number of hydrogen-bond acceptors (Lipinski definition) is 6. The highest BCUT2D eigenvalue weighted by Gasteiger charge is 2.39. The Morgan fingerprint density at radius 2 is 1.45 bits per heavy atom. The molecule has 0 unspecified atom stereocenters. The number of halogens is 1. The van der Waals surface area contributed by atoms with E-state index in [1.165, 1.54) is 0 Å². The zero-order chi connectivity index (χ0) is 29.5. The lowest BCUT2D eigenvalue weighted by Gasteiger charge is -2.15. The number of imide groups is 1. The molecule has 0 aliphatic carbocycles. The molecular weight excluding hydrogens is 552 g/mol. The highest BCUT2D eigenvalue weighted by atomic mass is 35.5. The van der Waals surface area contributed by atoms with Crippen LogP contribution >= 0.6 is 11.6 Å². The lowest BCUT2D eigenvalue weighted by molar-refractivity contribution is -0.120. The topological polar surface area (TPSA) is 84.9 Å². The Morgan fingerprint density at radius 3 is 2.12 bits per heavy atom. The molecule has 0 atom stereocenters. The van der Waals surface area contributed by atoms with Crippen LogP contribution in [0.2, 0.25) is 0 Å². The quantitative estimate of drug-likeness (QED) is 0.114. The van der Waals surface area contributed by atoms with E-state index in [1.807, 2.05) is 42.5 Å². The van der Waals surface area contributed by atoms with E-state index in [4.69, 9.17) is 21.1 Å². The molecule has 5 rings (SSSR count). The van der Waals surface area contributed by atoms with Gasteiger partial charge in [0, 0.05) is 5.69 Å². The van der Waals surface area contributed by atoms with Gasteiger partial charge in [0.1, 0.15) is 28.8 Å². The van der Waals surface area contributed by atoms with Crippen molar-refractivity contribution in [3.63, 3.8) is 0 Å². The van der Waals surface area contributed by atoms with Gasteiger partial charge in [-0.15, -0.1) is 0 Å². The highest BCUT2D eigenvalue weighted by molar-refractivity contribution is 6.53. The third-order valence-electron chi connectivity index (χ3n) is 6.71. The maximum absolute atomic E-state index is 13.1. The first-order valence-corrected chi connectivity index (χ1v) is 14.0. The molecule has 0 aromatic heterocycles. The van der Waals surface area contributed by atoms with Crippen LogP contribution in [0.3, 0.4) is 0 Å². The molecule has 1 heterocycles. The monoisotopic (exact) mass is 580 g/mol. The van der Waals surface area contributed by atoms with Crippen molar-refractivity contribution in [3.8, 4) is 11.5 Å². The van der Waals surface area contributed by atoms with Crippen molar-refractivity contribution >= 4 is 40.8 Å². The summed E-state index contributed by atoms with van der Waals surface area (Å²) >= 11 is 6.27. The van der Waals surface area contributed by atoms with Crippen LogP contribution in [0.15, 0.2) is 114 Å². The van der Waals surface area contributed by atoms with Crippen molar-refractivity contribution in [1.29, 1.82) is 0 Å². The predicted molar refractivity (Wildman–Crippen MR) is 163 cm³/mol. The summed E-state index contributed by atoms with van der Waals surface area (Å²) in [6.45, 7) is 2.56. The zero-order valence-electron chi connectivity index (χ0n) is 23.0. The summed E-state index contributed by atoms with van der Waals surface area (Å²) in [5.74, 6) is -0.658. The van der Waals surface area contributed by atoms with Gasteiger partial charge in [-0.25, -0.2) is 9.69 Å². The molecule has 0 spiro atoms. The first-order valence-electron chi connectivity index (χ1n) is 13.7. The fourth-order valence-corrected chi connectivity index (χ4v) is 4.60. The summed E-state index contributed by atoms with van der Waals surface area (Å²) in [6.07, 6.45) is 3.09. The number of benzene rings is 4. The number of nitrogens with zero attached hydrogens (tertiary/aromatic N) is 1. The number of carbonyl (C=O) groups is 3. The number of carbonyl (C=O) groups excluding carboxylic acids is 3. The Labute approximate surface area is 249 Å². The standard InChI is InChI=1S/C34H29ClN2O5/c1-2-3-7-23-10-16-27(17-11-23)37-32(38)30(35)31(33(37)39)36-26-14-12-25(13-15-26)34(40)42-29-20-18-28(19-21-29)41-22-24-8-5-4-6-9-24/h4-6,8-21,36H,2-3,7,22H2,1H3. The molecule has 1 aliphatic heterocycles. The number of esters is 1. The number of ether oxygens (including phenoxy) is 2. The molecule has 0 saturated carbocycles. The minimum absolute atomic E-state index is 0.0263. The summed E-state index contributed by atoms with van der Waals surface area (Å²) < 4.78 is 11.2. The number of unbranched alkanes of at least 4 members (excludes halogenated alkanes) is 1. The van der Waals surface area contributed by atoms with Gasteiger partial charge in [-0.1, -0.05) is 67.4 Å². The zero-order valence-corrected chi connectivity index (χ0v) is 23.8. The molecule has 1 aliphatic rings. The molecular formula is C34H29ClN2O5. The van der Waals surface area contributed by atoms with E-state index < -0.39 is 17.8 Å². The SMILES string of the molecule is CCCCc1ccc(N2C(=O)C(Cl)=C(Nc3ccc(C(=O)Oc4ccc(OCc5ccccc5)cc4)cc3)C2=O)cc1. The van der Waals surface area contributed by atoms with Gasteiger partial charge in [-0.05, 0) is 84.6 Å². The van der Waals surface area contributed by atoms with E-state index >= 15 is 0 Å². The minimum atomic E-state index is -0.595. The van der Waals surface area contributed by atoms with Gasteiger partial charge in [0.05, 0.1) is 11.3 Å². The largest absolute Gasteiger partial charge is 0.489 e. The summed E-state index contributed by atoms with van der Waals surface area (Å²) in [6, 6.07) is 30.3. The summed E-state index contributed by atoms with van der Waals surface area (Å²) in [5.41, 5.74) is 3.41. The van der Waals surface area contributed by atoms with Gasteiger partial charge < -0.3 is 14.8 Å². The third kappa shape index (κ3) is 6.70. The predicted octanol–water partition coefficient (Wildman–Crippen LogP) is 7.26. The highest BCUT2D eigenvalue weighted by Crippen LogP contribution is 2.30. The second-order valence-corrected chi connectivity index (χ2v) is 10.1. The van der Waals surface area contributed by atoms with Crippen LogP contribution in [0, 0.1) is 0 Å². The smallest absolute Gasteiger partial charge is 0.343 e. The average molecular weight is 581 g/mol. The Morgan fingerprint density at radius 1 is 0.786 bits per heavy atom. The molecule has 4 aromatic carbocycles. The molecule has 2 amide bonds. The Balaban J connectivity index is 1.17. The average Bonchev–Trinajstić information content (AvgIpc) is 3.23. The molecule has 0 bridgehead atoms. The van der Waals surface area contributed by atoms with E-state index in [9.17, 15) is 14.4 Å². The van der Waals surface area contributed by atoms with Gasteiger partial charge in [0.15, 0.2) is 0 Å². The van der Waals surface area contributed by atoms with Crippen molar-refractivity contribution in [2.75, 3.05) is 10.2 Å². The number of hydrogen-bond donors (Lipinski definition) is 1. The van der Waals surface area contributed by atoms with Crippen molar-refractivity contribution in [2.24, 2.45) is 0 Å².